The lowest BCUT2D eigenvalue weighted by atomic mass is 10.3. The van der Waals surface area contributed by atoms with Gasteiger partial charge in [-0.05, 0) is 48.0 Å². The number of nitrogens with zero attached hydrogens (tertiary/aromatic N) is 2. The van der Waals surface area contributed by atoms with Crippen molar-refractivity contribution in [2.24, 2.45) is 0 Å². The van der Waals surface area contributed by atoms with Crippen LogP contribution in [0.2, 0.25) is 0 Å². The number of rotatable bonds is 6. The van der Waals surface area contributed by atoms with Gasteiger partial charge in [0.05, 0.1) is 22.5 Å². The van der Waals surface area contributed by atoms with E-state index in [1.807, 2.05) is 11.6 Å². The maximum absolute atomic E-state index is 5.71. The van der Waals surface area contributed by atoms with Crippen LogP contribution in [0.25, 0.3) is 0 Å². The summed E-state index contributed by atoms with van der Waals surface area (Å²) in [5, 5.41) is 4.47. The van der Waals surface area contributed by atoms with Crippen LogP contribution in [-0.4, -0.2) is 40.9 Å². The highest BCUT2D eigenvalue weighted by Gasteiger charge is 2.11. The molecule has 0 atom stereocenters. The molecule has 17 heavy (non-hydrogen) atoms. The summed E-state index contributed by atoms with van der Waals surface area (Å²) in [7, 11) is -0.461. The summed E-state index contributed by atoms with van der Waals surface area (Å²) in [5.74, 6) is 1.15. The maximum atomic E-state index is 5.71. The minimum Gasteiger partial charge on any atom is -0.358 e. The largest absolute Gasteiger partial charge is 0.358 e. The van der Waals surface area contributed by atoms with Gasteiger partial charge in [-0.3, -0.25) is 0 Å². The fourth-order valence-electron chi connectivity index (χ4n) is 1.51. The number of halogens is 1. The first-order valence-electron chi connectivity index (χ1n) is 5.80. The standard InChI is InChI=1S/C12H23BrN2OS/c1-6-11-12(13)10(2)14-15(11)9-16-7-8-17(3,4)5/h6-9H2,1-5H3. The maximum Gasteiger partial charge on any atom is 0.139 e. The lowest BCUT2D eigenvalue weighted by molar-refractivity contribution is 0.0787. The van der Waals surface area contributed by atoms with E-state index in [0.717, 1.165) is 28.9 Å². The van der Waals surface area contributed by atoms with Crippen LogP contribution in [0.15, 0.2) is 4.47 Å². The Hall–Kier alpha value is -0.0000000000000000555. The molecule has 5 heteroatoms. The van der Waals surface area contributed by atoms with Crippen molar-refractivity contribution in [2.75, 3.05) is 31.1 Å². The fourth-order valence-corrected chi connectivity index (χ4v) is 2.69. The molecule has 1 aromatic rings. The Kier molecular flexibility index (Phi) is 5.54. The Bertz CT molecular complexity index is 371. The van der Waals surface area contributed by atoms with Crippen LogP contribution >= 0.6 is 26.0 Å². The van der Waals surface area contributed by atoms with Gasteiger partial charge in [-0.25, -0.2) is 14.7 Å². The van der Waals surface area contributed by atoms with Crippen LogP contribution < -0.4 is 0 Å². The molecule has 0 aliphatic carbocycles. The first-order chi connectivity index (χ1) is 7.85. The van der Waals surface area contributed by atoms with E-state index >= 15 is 0 Å². The Labute approximate surface area is 114 Å². The molecule has 0 bridgehead atoms. The lowest BCUT2D eigenvalue weighted by Gasteiger charge is -2.24. The summed E-state index contributed by atoms with van der Waals surface area (Å²) >= 11 is 3.57. The van der Waals surface area contributed by atoms with E-state index in [4.69, 9.17) is 4.74 Å². The molecular weight excluding hydrogens is 300 g/mol. The number of hydrogen-bond donors (Lipinski definition) is 0. The smallest absolute Gasteiger partial charge is 0.139 e. The zero-order chi connectivity index (χ0) is 13.1. The summed E-state index contributed by atoms with van der Waals surface area (Å²) < 4.78 is 8.78. The average Bonchev–Trinajstić information content (AvgIpc) is 2.48. The van der Waals surface area contributed by atoms with Gasteiger partial charge in [0.15, 0.2) is 0 Å². The van der Waals surface area contributed by atoms with Crippen molar-refractivity contribution in [3.05, 3.63) is 15.9 Å². The summed E-state index contributed by atoms with van der Waals surface area (Å²) in [5.41, 5.74) is 2.25. The number of hydrogen-bond acceptors (Lipinski definition) is 2. The van der Waals surface area contributed by atoms with Gasteiger partial charge in [-0.1, -0.05) is 6.92 Å². The fraction of sp³-hybridized carbons (Fsp3) is 0.750. The summed E-state index contributed by atoms with van der Waals surface area (Å²) in [6, 6.07) is 0. The second-order valence-corrected chi connectivity index (χ2v) is 10.4. The topological polar surface area (TPSA) is 27.1 Å². The molecule has 0 aliphatic rings. The first-order valence-corrected chi connectivity index (χ1v) is 9.62. The van der Waals surface area contributed by atoms with E-state index in [1.165, 1.54) is 5.69 Å². The molecule has 0 N–H and O–H groups in total. The molecule has 0 unspecified atom stereocenters. The van der Waals surface area contributed by atoms with E-state index in [9.17, 15) is 0 Å². The van der Waals surface area contributed by atoms with Crippen molar-refractivity contribution < 1.29 is 4.74 Å². The van der Waals surface area contributed by atoms with E-state index in [0.29, 0.717) is 6.73 Å². The molecule has 1 heterocycles. The lowest BCUT2D eigenvalue weighted by Crippen LogP contribution is -2.12. The second-order valence-electron chi connectivity index (χ2n) is 5.03. The Balaban J connectivity index is 2.50. The van der Waals surface area contributed by atoms with Gasteiger partial charge >= 0.3 is 0 Å². The average molecular weight is 323 g/mol. The van der Waals surface area contributed by atoms with Gasteiger partial charge in [0.1, 0.15) is 6.73 Å². The van der Waals surface area contributed by atoms with Gasteiger partial charge in [0.25, 0.3) is 0 Å². The minimum absolute atomic E-state index is 0.461. The third-order valence-electron chi connectivity index (χ3n) is 2.54. The molecule has 0 aromatic carbocycles. The number of aromatic nitrogens is 2. The van der Waals surface area contributed by atoms with Gasteiger partial charge in [0.2, 0.25) is 0 Å². The molecule has 0 amide bonds. The van der Waals surface area contributed by atoms with E-state index in [1.54, 1.807) is 0 Å². The number of ether oxygens (including phenoxy) is 1. The zero-order valence-corrected chi connectivity index (χ0v) is 13.8. The van der Waals surface area contributed by atoms with Crippen molar-refractivity contribution in [3.63, 3.8) is 0 Å². The van der Waals surface area contributed by atoms with Crippen molar-refractivity contribution in [1.82, 2.24) is 9.78 Å². The van der Waals surface area contributed by atoms with Crippen molar-refractivity contribution in [1.29, 1.82) is 0 Å². The van der Waals surface area contributed by atoms with Crippen molar-refractivity contribution in [2.45, 2.75) is 27.0 Å². The molecule has 0 saturated heterocycles. The zero-order valence-electron chi connectivity index (χ0n) is 11.4. The third-order valence-corrected chi connectivity index (χ3v) is 4.96. The summed E-state index contributed by atoms with van der Waals surface area (Å²) in [6.07, 6.45) is 7.89. The van der Waals surface area contributed by atoms with E-state index in [2.05, 4.69) is 46.7 Å². The summed E-state index contributed by atoms with van der Waals surface area (Å²) in [4.78, 5) is 0. The quantitative estimate of drug-likeness (QED) is 0.752. The van der Waals surface area contributed by atoms with E-state index in [-0.39, 0.29) is 0 Å². The first kappa shape index (κ1) is 15.1. The molecule has 0 spiro atoms. The van der Waals surface area contributed by atoms with Gasteiger partial charge in [-0.2, -0.15) is 5.10 Å². The van der Waals surface area contributed by atoms with Gasteiger partial charge < -0.3 is 4.74 Å². The monoisotopic (exact) mass is 322 g/mol. The molecule has 0 aliphatic heterocycles. The molecular formula is C12H23BrN2OS. The highest BCUT2D eigenvalue weighted by Crippen LogP contribution is 2.33. The van der Waals surface area contributed by atoms with Gasteiger partial charge in [0, 0.05) is 5.75 Å². The van der Waals surface area contributed by atoms with E-state index < -0.39 is 10.0 Å². The molecule has 1 aromatic heterocycles. The molecule has 0 radical (unpaired) electrons. The van der Waals surface area contributed by atoms with Crippen LogP contribution in [0.4, 0.5) is 0 Å². The van der Waals surface area contributed by atoms with Crippen LogP contribution in [0.1, 0.15) is 18.3 Å². The molecule has 0 saturated carbocycles. The predicted octanol–water partition coefficient (Wildman–Crippen LogP) is 3.18. The van der Waals surface area contributed by atoms with Crippen molar-refractivity contribution >= 4 is 26.0 Å². The number of aryl methyl sites for hydroxylation is 1. The highest BCUT2D eigenvalue weighted by atomic mass is 79.9. The second kappa shape index (κ2) is 6.25. The predicted molar refractivity (Wildman–Crippen MR) is 80.2 cm³/mol. The Morgan fingerprint density at radius 3 is 2.53 bits per heavy atom. The molecule has 100 valence electrons. The molecule has 1 rings (SSSR count). The van der Waals surface area contributed by atoms with Gasteiger partial charge in [-0.15, -0.1) is 0 Å². The minimum atomic E-state index is -0.461. The molecule has 3 nitrogen and oxygen atoms in total. The van der Waals surface area contributed by atoms with Crippen LogP contribution in [0.5, 0.6) is 0 Å². The normalized spacial score (nSPS) is 13.1. The molecule has 0 fully saturated rings. The van der Waals surface area contributed by atoms with Crippen LogP contribution in [0.3, 0.4) is 0 Å². The summed E-state index contributed by atoms with van der Waals surface area (Å²) in [6.45, 7) is 5.53. The van der Waals surface area contributed by atoms with Crippen LogP contribution in [0, 0.1) is 6.92 Å². The Morgan fingerprint density at radius 1 is 1.35 bits per heavy atom. The SMILES string of the molecule is CCc1c(Br)c(C)nn1COCCS(C)(C)C. The van der Waals surface area contributed by atoms with Crippen LogP contribution in [-0.2, 0) is 17.9 Å². The third kappa shape index (κ3) is 4.64. The highest BCUT2D eigenvalue weighted by molar-refractivity contribution is 9.10. The Morgan fingerprint density at radius 2 is 2.00 bits per heavy atom. The van der Waals surface area contributed by atoms with Crippen molar-refractivity contribution in [3.8, 4) is 0 Å².